The third-order valence-electron chi connectivity index (χ3n) is 4.08. The number of hydrogen-bond donors (Lipinski definition) is 1. The molecule has 0 aliphatic heterocycles. The van der Waals surface area contributed by atoms with Gasteiger partial charge in [-0.05, 0) is 36.8 Å². The Kier molecular flexibility index (Phi) is 6.09. The largest absolute Gasteiger partial charge is 0.349 e. The molecule has 0 unspecified atom stereocenters. The molecule has 1 heterocycles. The lowest BCUT2D eigenvalue weighted by molar-refractivity contribution is -0.119. The molecule has 0 radical (unpaired) electrons. The number of hydrogen-bond acceptors (Lipinski definition) is 4. The molecule has 27 heavy (non-hydrogen) atoms. The molecule has 140 valence electrons. The number of thioether (sulfide) groups is 1. The Labute approximate surface area is 170 Å². The third kappa shape index (κ3) is 4.46. The van der Waals surface area contributed by atoms with Crippen molar-refractivity contribution in [1.29, 1.82) is 0 Å². The zero-order valence-electron chi connectivity index (χ0n) is 14.7. The van der Waals surface area contributed by atoms with Crippen LogP contribution >= 0.6 is 35.0 Å². The van der Waals surface area contributed by atoms with E-state index < -0.39 is 0 Å². The van der Waals surface area contributed by atoms with E-state index >= 15 is 0 Å². The second-order valence-electron chi connectivity index (χ2n) is 6.02. The van der Waals surface area contributed by atoms with Crippen molar-refractivity contribution < 1.29 is 4.79 Å². The highest BCUT2D eigenvalue weighted by molar-refractivity contribution is 7.99. The van der Waals surface area contributed by atoms with E-state index in [0.29, 0.717) is 26.1 Å². The maximum atomic E-state index is 12.4. The van der Waals surface area contributed by atoms with Gasteiger partial charge in [-0.25, -0.2) is 4.98 Å². The number of carbonyl (C=O) groups excluding carboxylic acids is 1. The second kappa shape index (κ2) is 8.33. The number of fused-ring (bicyclic) bond motifs is 1. The molecule has 0 saturated carbocycles. The van der Waals surface area contributed by atoms with Crippen LogP contribution in [0.15, 0.2) is 52.4 Å². The van der Waals surface area contributed by atoms with Crippen LogP contribution < -0.4 is 10.9 Å². The van der Waals surface area contributed by atoms with Crippen LogP contribution in [0.5, 0.6) is 0 Å². The minimum Gasteiger partial charge on any atom is -0.349 e. The van der Waals surface area contributed by atoms with Crippen LogP contribution in [-0.4, -0.2) is 21.2 Å². The topological polar surface area (TPSA) is 64.0 Å². The first-order valence-electron chi connectivity index (χ1n) is 8.19. The number of nitrogens with zero attached hydrogens (tertiary/aromatic N) is 2. The zero-order valence-corrected chi connectivity index (χ0v) is 17.0. The Morgan fingerprint density at radius 1 is 1.26 bits per heavy atom. The molecule has 1 amide bonds. The number of benzene rings is 2. The van der Waals surface area contributed by atoms with Crippen LogP contribution in [0.1, 0.15) is 18.5 Å². The predicted molar refractivity (Wildman–Crippen MR) is 111 cm³/mol. The summed E-state index contributed by atoms with van der Waals surface area (Å²) < 4.78 is 1.46. The number of rotatable bonds is 5. The normalized spacial score (nSPS) is 12.1. The molecule has 0 bridgehead atoms. The fraction of sp³-hybridized carbons (Fsp3) is 0.211. The van der Waals surface area contributed by atoms with Gasteiger partial charge in [0.1, 0.15) is 0 Å². The summed E-state index contributed by atoms with van der Waals surface area (Å²) in [6.07, 6.45) is 0. The summed E-state index contributed by atoms with van der Waals surface area (Å²) >= 11 is 13.3. The molecule has 1 atom stereocenters. The van der Waals surface area contributed by atoms with E-state index in [1.54, 1.807) is 43.4 Å². The monoisotopic (exact) mass is 421 g/mol. The highest BCUT2D eigenvalue weighted by Gasteiger charge is 2.15. The quantitative estimate of drug-likeness (QED) is 0.494. The number of aromatic nitrogens is 2. The van der Waals surface area contributed by atoms with Crippen LogP contribution in [0.4, 0.5) is 0 Å². The predicted octanol–water partition coefficient (Wildman–Crippen LogP) is 4.21. The Bertz CT molecular complexity index is 1070. The lowest BCUT2D eigenvalue weighted by atomic mass is 10.1. The highest BCUT2D eigenvalue weighted by Crippen LogP contribution is 2.26. The van der Waals surface area contributed by atoms with Crippen LogP contribution in [0.25, 0.3) is 10.9 Å². The van der Waals surface area contributed by atoms with E-state index in [1.165, 1.54) is 16.3 Å². The fourth-order valence-electron chi connectivity index (χ4n) is 2.67. The molecule has 2 aromatic carbocycles. The third-order valence-corrected chi connectivity index (χ3v) is 5.67. The van der Waals surface area contributed by atoms with Gasteiger partial charge in [-0.15, -0.1) is 0 Å². The van der Waals surface area contributed by atoms with Gasteiger partial charge in [0.2, 0.25) is 5.91 Å². The van der Waals surface area contributed by atoms with Crippen LogP contribution in [0.2, 0.25) is 10.0 Å². The van der Waals surface area contributed by atoms with Crippen LogP contribution in [0, 0.1) is 0 Å². The molecular weight excluding hydrogens is 405 g/mol. The summed E-state index contributed by atoms with van der Waals surface area (Å²) in [4.78, 5) is 29.2. The van der Waals surface area contributed by atoms with Crippen molar-refractivity contribution in [2.45, 2.75) is 18.1 Å². The standard InChI is InChI=1S/C19H17Cl2N3O2S/c1-11(13-8-7-12(20)9-15(13)21)22-17(25)10-27-19-23-16-6-4-3-5-14(16)18(26)24(19)2/h3-9,11H,10H2,1-2H3,(H,22,25)/t11-/m1/s1. The summed E-state index contributed by atoms with van der Waals surface area (Å²) in [5, 5.41) is 4.99. The molecule has 1 N–H and O–H groups in total. The summed E-state index contributed by atoms with van der Waals surface area (Å²) in [5.41, 5.74) is 1.27. The summed E-state index contributed by atoms with van der Waals surface area (Å²) in [7, 11) is 1.65. The maximum absolute atomic E-state index is 12.4. The molecular formula is C19H17Cl2N3O2S. The number of para-hydroxylation sites is 1. The van der Waals surface area contributed by atoms with Gasteiger partial charge >= 0.3 is 0 Å². The van der Waals surface area contributed by atoms with Crippen molar-refractivity contribution in [3.8, 4) is 0 Å². The number of halogens is 2. The van der Waals surface area contributed by atoms with Gasteiger partial charge in [-0.3, -0.25) is 14.2 Å². The van der Waals surface area contributed by atoms with Crippen molar-refractivity contribution in [2.75, 3.05) is 5.75 Å². The Morgan fingerprint density at radius 3 is 2.74 bits per heavy atom. The van der Waals surface area contributed by atoms with Crippen molar-refractivity contribution in [3.63, 3.8) is 0 Å². The maximum Gasteiger partial charge on any atom is 0.261 e. The molecule has 5 nitrogen and oxygen atoms in total. The van der Waals surface area contributed by atoms with Gasteiger partial charge in [0.05, 0.1) is 22.7 Å². The molecule has 3 aromatic rings. The molecule has 3 rings (SSSR count). The first-order valence-corrected chi connectivity index (χ1v) is 9.94. The summed E-state index contributed by atoms with van der Waals surface area (Å²) in [6.45, 7) is 1.85. The van der Waals surface area contributed by atoms with Gasteiger partial charge in [-0.1, -0.05) is 53.2 Å². The van der Waals surface area contributed by atoms with Crippen molar-refractivity contribution in [3.05, 3.63) is 68.4 Å². The van der Waals surface area contributed by atoms with Gasteiger partial charge < -0.3 is 5.32 Å². The Hall–Kier alpha value is -2.02. The van der Waals surface area contributed by atoms with Crippen molar-refractivity contribution in [2.24, 2.45) is 7.05 Å². The molecule has 0 fully saturated rings. The van der Waals surface area contributed by atoms with E-state index in [2.05, 4.69) is 10.3 Å². The smallest absolute Gasteiger partial charge is 0.261 e. The number of amides is 1. The average molecular weight is 422 g/mol. The van der Waals surface area contributed by atoms with E-state index in [-0.39, 0.29) is 23.3 Å². The Balaban J connectivity index is 1.70. The molecule has 0 spiro atoms. The van der Waals surface area contributed by atoms with Gasteiger partial charge in [-0.2, -0.15) is 0 Å². The van der Waals surface area contributed by atoms with Crippen LogP contribution in [0.3, 0.4) is 0 Å². The number of nitrogens with one attached hydrogen (secondary N) is 1. The van der Waals surface area contributed by atoms with E-state index in [4.69, 9.17) is 23.2 Å². The molecule has 8 heteroatoms. The zero-order chi connectivity index (χ0) is 19.6. The lowest BCUT2D eigenvalue weighted by Crippen LogP contribution is -2.29. The highest BCUT2D eigenvalue weighted by atomic mass is 35.5. The molecule has 1 aromatic heterocycles. The van der Waals surface area contributed by atoms with Crippen LogP contribution in [-0.2, 0) is 11.8 Å². The summed E-state index contributed by atoms with van der Waals surface area (Å²) in [6, 6.07) is 12.0. The van der Waals surface area contributed by atoms with Gasteiger partial charge in [0.15, 0.2) is 5.16 Å². The first-order chi connectivity index (χ1) is 12.9. The fourth-order valence-corrected chi connectivity index (χ4v) is 4.03. The first kappa shape index (κ1) is 19.7. The minimum absolute atomic E-state index is 0.133. The van der Waals surface area contributed by atoms with E-state index in [1.807, 2.05) is 13.0 Å². The average Bonchev–Trinajstić information content (AvgIpc) is 2.63. The SMILES string of the molecule is C[C@@H](NC(=O)CSc1nc2ccccc2c(=O)n1C)c1ccc(Cl)cc1Cl. The lowest BCUT2D eigenvalue weighted by Gasteiger charge is -2.16. The molecule has 0 aliphatic carbocycles. The number of carbonyl (C=O) groups is 1. The Morgan fingerprint density at radius 2 is 2.00 bits per heavy atom. The molecule has 0 aliphatic rings. The van der Waals surface area contributed by atoms with E-state index in [0.717, 1.165) is 5.56 Å². The van der Waals surface area contributed by atoms with Crippen molar-refractivity contribution >= 4 is 51.8 Å². The van der Waals surface area contributed by atoms with Gasteiger partial charge in [0, 0.05) is 17.1 Å². The second-order valence-corrected chi connectivity index (χ2v) is 7.81. The minimum atomic E-state index is -0.267. The van der Waals surface area contributed by atoms with Gasteiger partial charge in [0.25, 0.3) is 5.56 Å². The van der Waals surface area contributed by atoms with Crippen molar-refractivity contribution in [1.82, 2.24) is 14.9 Å². The summed E-state index contributed by atoms with van der Waals surface area (Å²) in [5.74, 6) is -0.0466. The van der Waals surface area contributed by atoms with E-state index in [9.17, 15) is 9.59 Å². The molecule has 0 saturated heterocycles.